The zero-order valence-corrected chi connectivity index (χ0v) is 15.5. The van der Waals surface area contributed by atoms with E-state index in [9.17, 15) is 9.59 Å². The van der Waals surface area contributed by atoms with Crippen molar-refractivity contribution in [3.63, 3.8) is 0 Å². The van der Waals surface area contributed by atoms with Crippen LogP contribution in [0.5, 0.6) is 0 Å². The molecule has 2 fully saturated rings. The Bertz CT molecular complexity index is 636. The van der Waals surface area contributed by atoms with Gasteiger partial charge in [0.05, 0.1) is 0 Å². The highest BCUT2D eigenvalue weighted by atomic mass is 16.2. The maximum absolute atomic E-state index is 13.2. The third kappa shape index (κ3) is 3.87. The number of likely N-dealkylation sites (tertiary alicyclic amines) is 1. The minimum Gasteiger partial charge on any atom is -0.356 e. The van der Waals surface area contributed by atoms with Crippen LogP contribution in [0.1, 0.15) is 42.9 Å². The Morgan fingerprint density at radius 3 is 2.52 bits per heavy atom. The number of aryl methyl sites for hydroxylation is 1. The normalized spacial score (nSPS) is 21.3. The molecule has 0 unspecified atom stereocenters. The van der Waals surface area contributed by atoms with E-state index in [-0.39, 0.29) is 23.3 Å². The number of hydrogen-bond acceptors (Lipinski definition) is 3. The fourth-order valence-electron chi connectivity index (χ4n) is 4.14. The van der Waals surface area contributed by atoms with Crippen LogP contribution in [0.15, 0.2) is 24.3 Å². The van der Waals surface area contributed by atoms with E-state index in [1.54, 1.807) is 0 Å². The van der Waals surface area contributed by atoms with Gasteiger partial charge in [-0.3, -0.25) is 14.5 Å². The van der Waals surface area contributed by atoms with Crippen molar-refractivity contribution < 1.29 is 9.59 Å². The van der Waals surface area contributed by atoms with Gasteiger partial charge in [-0.05, 0) is 51.3 Å². The number of amides is 2. The summed E-state index contributed by atoms with van der Waals surface area (Å²) >= 11 is 0. The molecule has 2 amide bonds. The quantitative estimate of drug-likeness (QED) is 0.915. The molecule has 3 rings (SSSR count). The van der Waals surface area contributed by atoms with E-state index in [0.29, 0.717) is 6.42 Å². The van der Waals surface area contributed by atoms with E-state index >= 15 is 0 Å². The number of hydrogen-bond donors (Lipinski definition) is 1. The number of nitrogens with one attached hydrogen (secondary N) is 1. The van der Waals surface area contributed by atoms with Gasteiger partial charge in [0.15, 0.2) is 0 Å². The van der Waals surface area contributed by atoms with Crippen molar-refractivity contribution in [3.05, 3.63) is 35.4 Å². The number of carbonyl (C=O) groups is 2. The van der Waals surface area contributed by atoms with Crippen LogP contribution in [0.2, 0.25) is 0 Å². The van der Waals surface area contributed by atoms with Crippen molar-refractivity contribution in [2.45, 2.75) is 38.6 Å². The summed E-state index contributed by atoms with van der Waals surface area (Å²) in [5.41, 5.74) is 2.43. The van der Waals surface area contributed by atoms with Gasteiger partial charge in [-0.25, -0.2) is 0 Å². The minimum absolute atomic E-state index is 0.163. The summed E-state index contributed by atoms with van der Waals surface area (Å²) < 4.78 is 0. The molecule has 5 nitrogen and oxygen atoms in total. The lowest BCUT2D eigenvalue weighted by Crippen LogP contribution is -2.52. The number of benzene rings is 1. The molecule has 0 saturated carbocycles. The number of carbonyl (C=O) groups excluding carboxylic acids is 2. The molecule has 1 atom stereocenters. The van der Waals surface area contributed by atoms with Crippen LogP contribution >= 0.6 is 0 Å². The third-order valence-corrected chi connectivity index (χ3v) is 5.79. The first-order valence-electron chi connectivity index (χ1n) is 9.19. The average molecular weight is 343 g/mol. The molecular weight excluding hydrogens is 314 g/mol. The van der Waals surface area contributed by atoms with Gasteiger partial charge in [0.1, 0.15) is 6.04 Å². The third-order valence-electron chi connectivity index (χ3n) is 5.79. The smallest absolute Gasteiger partial charge is 0.244 e. The second kappa shape index (κ2) is 7.16. The molecule has 0 aliphatic carbocycles. The van der Waals surface area contributed by atoms with Crippen molar-refractivity contribution in [1.29, 1.82) is 0 Å². The minimum atomic E-state index is -0.236. The van der Waals surface area contributed by atoms with Crippen LogP contribution in [0.4, 0.5) is 0 Å². The fourth-order valence-corrected chi connectivity index (χ4v) is 4.14. The van der Waals surface area contributed by atoms with E-state index in [0.717, 1.165) is 44.5 Å². The van der Waals surface area contributed by atoms with Gasteiger partial charge >= 0.3 is 0 Å². The van der Waals surface area contributed by atoms with E-state index < -0.39 is 0 Å². The molecule has 2 heterocycles. The van der Waals surface area contributed by atoms with Crippen LogP contribution in [0, 0.1) is 12.3 Å². The predicted molar refractivity (Wildman–Crippen MR) is 98.1 cm³/mol. The van der Waals surface area contributed by atoms with Gasteiger partial charge < -0.3 is 10.2 Å². The first-order valence-corrected chi connectivity index (χ1v) is 9.19. The molecule has 0 bridgehead atoms. The summed E-state index contributed by atoms with van der Waals surface area (Å²) in [4.78, 5) is 28.6. The monoisotopic (exact) mass is 343 g/mol. The van der Waals surface area contributed by atoms with Gasteiger partial charge in [-0.2, -0.15) is 0 Å². The van der Waals surface area contributed by atoms with Crippen molar-refractivity contribution in [2.75, 3.05) is 33.7 Å². The van der Waals surface area contributed by atoms with Gasteiger partial charge in [0.2, 0.25) is 11.8 Å². The second-order valence-electron chi connectivity index (χ2n) is 7.88. The topological polar surface area (TPSA) is 52.7 Å². The molecule has 1 aromatic rings. The lowest BCUT2D eigenvalue weighted by atomic mass is 9.73. The molecule has 2 saturated heterocycles. The van der Waals surface area contributed by atoms with Crippen LogP contribution in [0.25, 0.3) is 0 Å². The van der Waals surface area contributed by atoms with E-state index in [1.807, 2.05) is 36.0 Å². The van der Waals surface area contributed by atoms with Crippen molar-refractivity contribution in [3.8, 4) is 0 Å². The summed E-state index contributed by atoms with van der Waals surface area (Å²) in [5, 5.41) is 3.01. The summed E-state index contributed by atoms with van der Waals surface area (Å²) in [7, 11) is 3.93. The molecule has 0 radical (unpaired) electrons. The summed E-state index contributed by atoms with van der Waals surface area (Å²) in [6.07, 6.45) is 3.54. The lowest BCUT2D eigenvalue weighted by molar-refractivity contribution is -0.140. The largest absolute Gasteiger partial charge is 0.356 e. The van der Waals surface area contributed by atoms with E-state index in [4.69, 9.17) is 0 Å². The highest BCUT2D eigenvalue weighted by Crippen LogP contribution is 2.38. The SMILES string of the molecule is Cc1cccc([C@H](C(=O)N2CCC3(CCC(=O)NC3)CC2)N(C)C)c1. The molecule has 1 spiro atoms. The Morgan fingerprint density at radius 2 is 1.96 bits per heavy atom. The molecule has 25 heavy (non-hydrogen) atoms. The van der Waals surface area contributed by atoms with Crippen molar-refractivity contribution in [2.24, 2.45) is 5.41 Å². The first-order chi connectivity index (χ1) is 11.9. The summed E-state index contributed by atoms with van der Waals surface area (Å²) in [5.74, 6) is 0.349. The highest BCUT2D eigenvalue weighted by molar-refractivity contribution is 5.83. The molecule has 1 aromatic carbocycles. The number of nitrogens with zero attached hydrogens (tertiary/aromatic N) is 2. The van der Waals surface area contributed by atoms with Gasteiger partial charge in [-0.1, -0.05) is 29.8 Å². The van der Waals surface area contributed by atoms with Crippen LogP contribution < -0.4 is 5.32 Å². The molecular formula is C20H29N3O2. The molecule has 0 aromatic heterocycles. The predicted octanol–water partition coefficient (Wildman–Crippen LogP) is 2.12. The van der Waals surface area contributed by atoms with Gasteiger partial charge in [0, 0.05) is 26.1 Å². The summed E-state index contributed by atoms with van der Waals surface area (Å²) in [6, 6.07) is 7.98. The van der Waals surface area contributed by atoms with E-state index in [1.165, 1.54) is 5.56 Å². The average Bonchev–Trinajstić information content (AvgIpc) is 2.58. The molecule has 5 heteroatoms. The van der Waals surface area contributed by atoms with Crippen LogP contribution in [-0.2, 0) is 9.59 Å². The summed E-state index contributed by atoms with van der Waals surface area (Å²) in [6.45, 7) is 4.39. The number of piperidine rings is 2. The first kappa shape index (κ1) is 17.9. The number of rotatable bonds is 3. The van der Waals surface area contributed by atoms with Gasteiger partial charge in [-0.15, -0.1) is 0 Å². The Balaban J connectivity index is 1.69. The highest BCUT2D eigenvalue weighted by Gasteiger charge is 2.40. The fraction of sp³-hybridized carbons (Fsp3) is 0.600. The molecule has 136 valence electrons. The van der Waals surface area contributed by atoms with Crippen molar-refractivity contribution in [1.82, 2.24) is 15.1 Å². The Labute approximate surface area is 150 Å². The Hall–Kier alpha value is -1.88. The standard InChI is InChI=1S/C20H29N3O2/c1-15-5-4-6-16(13-15)18(22(2)3)19(25)23-11-9-20(10-12-23)8-7-17(24)21-14-20/h4-6,13,18H,7-12,14H2,1-3H3,(H,21,24)/t18-/m1/s1. The molecule has 2 aliphatic heterocycles. The van der Waals surface area contributed by atoms with E-state index in [2.05, 4.69) is 24.4 Å². The second-order valence-corrected chi connectivity index (χ2v) is 7.88. The van der Waals surface area contributed by atoms with Gasteiger partial charge in [0.25, 0.3) is 0 Å². The molecule has 1 N–H and O–H groups in total. The zero-order chi connectivity index (χ0) is 18.0. The van der Waals surface area contributed by atoms with Crippen LogP contribution in [0.3, 0.4) is 0 Å². The maximum Gasteiger partial charge on any atom is 0.244 e. The van der Waals surface area contributed by atoms with Crippen molar-refractivity contribution >= 4 is 11.8 Å². The van der Waals surface area contributed by atoms with Crippen LogP contribution in [-0.4, -0.2) is 55.3 Å². The maximum atomic E-state index is 13.2. The lowest BCUT2D eigenvalue weighted by Gasteiger charge is -2.45. The Morgan fingerprint density at radius 1 is 1.24 bits per heavy atom. The Kier molecular flexibility index (Phi) is 5.13. The zero-order valence-electron chi connectivity index (χ0n) is 15.5. The molecule has 2 aliphatic rings. The number of likely N-dealkylation sites (N-methyl/N-ethyl adjacent to an activating group) is 1.